The van der Waals surface area contributed by atoms with E-state index in [1.165, 1.54) is 6.92 Å². The summed E-state index contributed by atoms with van der Waals surface area (Å²) in [5.74, 6) is -0.149. The average molecular weight is 290 g/mol. The molecule has 1 aromatic rings. The summed E-state index contributed by atoms with van der Waals surface area (Å²) in [6.45, 7) is 7.56. The molecule has 1 aliphatic rings. The van der Waals surface area contributed by atoms with Crippen LogP contribution in [0.4, 0.5) is 0 Å². The smallest absolute Gasteiger partial charge is 0.339 e. The molecular formula is C17H24NO3+. The highest BCUT2D eigenvalue weighted by atomic mass is 16.6. The maximum atomic E-state index is 12.4. The van der Waals surface area contributed by atoms with Crippen LogP contribution >= 0.6 is 0 Å². The second-order valence-corrected chi connectivity index (χ2v) is 6.24. The van der Waals surface area contributed by atoms with Crippen LogP contribution in [0, 0.1) is 5.92 Å². The number of Topliss-reactive ketones (excluding diaryl/α,β-unsaturated/α-hetero) is 1. The van der Waals surface area contributed by atoms with Gasteiger partial charge in [0.15, 0.2) is 5.78 Å². The topological polar surface area (TPSA) is 60.0 Å². The lowest BCUT2D eigenvalue weighted by Crippen LogP contribution is -2.86. The van der Waals surface area contributed by atoms with Gasteiger partial charge in [0.25, 0.3) is 0 Å². The van der Waals surface area contributed by atoms with Crippen LogP contribution in [0.2, 0.25) is 0 Å². The Balaban J connectivity index is 2.15. The number of rotatable bonds is 4. The molecular weight excluding hydrogens is 266 g/mol. The lowest BCUT2D eigenvalue weighted by Gasteiger charge is -2.35. The van der Waals surface area contributed by atoms with Crippen molar-refractivity contribution in [3.63, 3.8) is 0 Å². The number of esters is 1. The van der Waals surface area contributed by atoms with Crippen molar-refractivity contribution in [1.82, 2.24) is 0 Å². The van der Waals surface area contributed by atoms with Crippen LogP contribution in [-0.4, -0.2) is 30.4 Å². The van der Waals surface area contributed by atoms with E-state index in [1.807, 2.05) is 13.8 Å². The van der Waals surface area contributed by atoms with E-state index in [2.05, 4.69) is 5.32 Å². The van der Waals surface area contributed by atoms with Gasteiger partial charge in [0.2, 0.25) is 0 Å². The first-order chi connectivity index (χ1) is 9.92. The quantitative estimate of drug-likeness (QED) is 0.679. The van der Waals surface area contributed by atoms with Crippen LogP contribution in [0.15, 0.2) is 24.3 Å². The summed E-state index contributed by atoms with van der Waals surface area (Å²) in [5, 5.41) is 2.29. The zero-order valence-corrected chi connectivity index (χ0v) is 13.0. The van der Waals surface area contributed by atoms with E-state index in [-0.39, 0.29) is 5.78 Å². The molecule has 0 radical (unpaired) electrons. The van der Waals surface area contributed by atoms with Crippen molar-refractivity contribution in [2.75, 3.05) is 13.1 Å². The molecule has 0 atom stereocenters. The highest BCUT2D eigenvalue weighted by Crippen LogP contribution is 2.29. The number of ether oxygens (including phenoxy) is 1. The first-order valence-corrected chi connectivity index (χ1v) is 7.57. The largest absolute Gasteiger partial charge is 0.456 e. The monoisotopic (exact) mass is 290 g/mol. The van der Waals surface area contributed by atoms with Crippen molar-refractivity contribution in [1.29, 1.82) is 0 Å². The average Bonchev–Trinajstić information content (AvgIpc) is 2.47. The van der Waals surface area contributed by atoms with E-state index in [4.69, 9.17) is 4.74 Å². The maximum absolute atomic E-state index is 12.4. The van der Waals surface area contributed by atoms with Crippen molar-refractivity contribution in [2.45, 2.75) is 39.2 Å². The molecule has 2 rings (SSSR count). The molecule has 0 spiro atoms. The summed E-state index contributed by atoms with van der Waals surface area (Å²) in [5.41, 5.74) is 0.283. The van der Waals surface area contributed by atoms with Crippen LogP contribution in [0.1, 0.15) is 54.3 Å². The summed E-state index contributed by atoms with van der Waals surface area (Å²) in [6.07, 6.45) is 2.10. The van der Waals surface area contributed by atoms with E-state index in [0.717, 1.165) is 25.9 Å². The van der Waals surface area contributed by atoms with E-state index in [9.17, 15) is 9.59 Å². The molecule has 0 unspecified atom stereocenters. The summed E-state index contributed by atoms with van der Waals surface area (Å²) in [7, 11) is 0. The lowest BCUT2D eigenvalue weighted by atomic mass is 9.83. The van der Waals surface area contributed by atoms with Crippen LogP contribution in [0.25, 0.3) is 0 Å². The molecule has 1 aromatic carbocycles. The molecule has 0 aliphatic carbocycles. The van der Waals surface area contributed by atoms with Gasteiger partial charge in [-0.05, 0) is 26.8 Å². The van der Waals surface area contributed by atoms with Crippen molar-refractivity contribution in [2.24, 2.45) is 5.92 Å². The first-order valence-electron chi connectivity index (χ1n) is 7.57. The van der Waals surface area contributed by atoms with Crippen molar-refractivity contribution < 1.29 is 19.6 Å². The molecule has 2 N–H and O–H groups in total. The van der Waals surface area contributed by atoms with Crippen molar-refractivity contribution in [3.8, 4) is 0 Å². The number of ketones is 1. The van der Waals surface area contributed by atoms with Gasteiger partial charge in [-0.15, -0.1) is 0 Å². The van der Waals surface area contributed by atoms with Gasteiger partial charge >= 0.3 is 5.97 Å². The minimum Gasteiger partial charge on any atom is -0.456 e. The number of hydrogen-bond acceptors (Lipinski definition) is 3. The van der Waals surface area contributed by atoms with Crippen LogP contribution < -0.4 is 5.32 Å². The van der Waals surface area contributed by atoms with Gasteiger partial charge in [-0.1, -0.05) is 18.2 Å². The predicted molar refractivity (Wildman–Crippen MR) is 80.3 cm³/mol. The van der Waals surface area contributed by atoms with Crippen molar-refractivity contribution in [3.05, 3.63) is 35.4 Å². The Kier molecular flexibility index (Phi) is 4.78. The summed E-state index contributed by atoms with van der Waals surface area (Å²) in [6, 6.07) is 6.84. The van der Waals surface area contributed by atoms with Gasteiger partial charge in [0.1, 0.15) is 5.60 Å². The Morgan fingerprint density at radius 3 is 2.29 bits per heavy atom. The van der Waals surface area contributed by atoms with Gasteiger partial charge < -0.3 is 10.1 Å². The van der Waals surface area contributed by atoms with E-state index >= 15 is 0 Å². The highest BCUT2D eigenvalue weighted by molar-refractivity contribution is 6.05. The maximum Gasteiger partial charge on any atom is 0.339 e. The third kappa shape index (κ3) is 3.70. The van der Waals surface area contributed by atoms with Gasteiger partial charge in [-0.3, -0.25) is 4.79 Å². The fraction of sp³-hybridized carbons (Fsp3) is 0.529. The Labute approximate surface area is 125 Å². The molecule has 1 fully saturated rings. The minimum absolute atomic E-state index is 0.118. The number of quaternary nitrogens is 1. The Hall–Kier alpha value is -1.68. The van der Waals surface area contributed by atoms with E-state index in [0.29, 0.717) is 17.0 Å². The third-order valence-electron chi connectivity index (χ3n) is 4.30. The molecule has 1 saturated heterocycles. The van der Waals surface area contributed by atoms with Gasteiger partial charge in [-0.25, -0.2) is 4.79 Å². The molecule has 21 heavy (non-hydrogen) atoms. The number of carbonyl (C=O) groups is 2. The number of hydrogen-bond donors (Lipinski definition) is 1. The normalized spacial score (nSPS) is 16.5. The predicted octanol–water partition coefficient (Wildman–Crippen LogP) is 1.80. The number of carbonyl (C=O) groups excluding carboxylic acids is 2. The number of benzene rings is 1. The molecule has 4 nitrogen and oxygen atoms in total. The third-order valence-corrected chi connectivity index (χ3v) is 4.30. The van der Waals surface area contributed by atoms with Crippen LogP contribution in [0.3, 0.4) is 0 Å². The fourth-order valence-electron chi connectivity index (χ4n) is 2.97. The SMILES string of the molecule is CC(=O)c1ccccc1C(=O)OC(C)(C)C1CC[NH2+]CC1. The Morgan fingerprint density at radius 2 is 1.71 bits per heavy atom. The molecule has 1 heterocycles. The Bertz CT molecular complexity index is 531. The lowest BCUT2D eigenvalue weighted by molar-refractivity contribution is -0.665. The number of piperidine rings is 1. The highest BCUT2D eigenvalue weighted by Gasteiger charge is 2.36. The molecule has 114 valence electrons. The molecule has 4 heteroatoms. The molecule has 1 aliphatic heterocycles. The summed E-state index contributed by atoms with van der Waals surface area (Å²) >= 11 is 0. The summed E-state index contributed by atoms with van der Waals surface area (Å²) < 4.78 is 5.75. The van der Waals surface area contributed by atoms with Gasteiger partial charge in [0.05, 0.1) is 18.7 Å². The van der Waals surface area contributed by atoms with Crippen LogP contribution in [-0.2, 0) is 4.74 Å². The minimum atomic E-state index is -0.505. The van der Waals surface area contributed by atoms with E-state index in [1.54, 1.807) is 24.3 Å². The molecule has 0 aromatic heterocycles. The zero-order valence-electron chi connectivity index (χ0n) is 13.0. The second kappa shape index (κ2) is 6.39. The molecule has 0 saturated carbocycles. The molecule has 0 amide bonds. The van der Waals surface area contributed by atoms with Gasteiger partial charge in [0, 0.05) is 24.3 Å². The van der Waals surface area contributed by atoms with Crippen LogP contribution in [0.5, 0.6) is 0 Å². The Morgan fingerprint density at radius 1 is 1.14 bits per heavy atom. The fourth-order valence-corrected chi connectivity index (χ4v) is 2.97. The molecule has 0 bridgehead atoms. The standard InChI is InChI=1S/C17H23NO3/c1-12(19)14-6-4-5-7-15(14)16(20)21-17(2,3)13-8-10-18-11-9-13/h4-7,13,18H,8-11H2,1-3H3/p+1. The first kappa shape index (κ1) is 15.7. The van der Waals surface area contributed by atoms with Gasteiger partial charge in [-0.2, -0.15) is 0 Å². The zero-order chi connectivity index (χ0) is 15.5. The second-order valence-electron chi connectivity index (χ2n) is 6.24. The summed E-state index contributed by atoms with van der Waals surface area (Å²) in [4.78, 5) is 24.1. The van der Waals surface area contributed by atoms with Crippen molar-refractivity contribution >= 4 is 11.8 Å². The van der Waals surface area contributed by atoms with E-state index < -0.39 is 11.6 Å². The number of nitrogens with two attached hydrogens (primary N) is 1.